The van der Waals surface area contributed by atoms with Crippen molar-refractivity contribution in [2.45, 2.75) is 6.54 Å². The van der Waals surface area contributed by atoms with E-state index >= 15 is 0 Å². The molecule has 0 aromatic heterocycles. The van der Waals surface area contributed by atoms with Gasteiger partial charge in [-0.1, -0.05) is 27.5 Å². The number of hydrogen-bond acceptors (Lipinski definition) is 3. The minimum absolute atomic E-state index is 0.175. The van der Waals surface area contributed by atoms with Gasteiger partial charge >= 0.3 is 0 Å². The molecule has 122 valence electrons. The van der Waals surface area contributed by atoms with E-state index in [4.69, 9.17) is 21.1 Å². The minimum Gasteiger partial charge on any atom is -0.496 e. The van der Waals surface area contributed by atoms with Gasteiger partial charge in [-0.2, -0.15) is 0 Å². The highest BCUT2D eigenvalue weighted by atomic mass is 79.9. The standard InChI is InChI=1S/C17H17BrClNO3/c1-20(10-11-8-12(18)4-6-15(11)22-2)17(21)14-9-13(19)5-7-16(14)23-3/h4-9H,10H2,1-3H3. The Morgan fingerprint density at radius 2 is 1.78 bits per heavy atom. The number of carbonyl (C=O) groups excluding carboxylic acids is 1. The van der Waals surface area contributed by atoms with Gasteiger partial charge in [-0.3, -0.25) is 4.79 Å². The van der Waals surface area contributed by atoms with Crippen LogP contribution in [0.1, 0.15) is 15.9 Å². The van der Waals surface area contributed by atoms with Crippen LogP contribution in [0.4, 0.5) is 0 Å². The van der Waals surface area contributed by atoms with E-state index in [9.17, 15) is 4.79 Å². The fourth-order valence-corrected chi connectivity index (χ4v) is 2.83. The van der Waals surface area contributed by atoms with E-state index in [2.05, 4.69) is 15.9 Å². The molecule has 0 unspecified atom stereocenters. The second kappa shape index (κ2) is 7.70. The summed E-state index contributed by atoms with van der Waals surface area (Å²) in [5, 5.41) is 0.489. The lowest BCUT2D eigenvalue weighted by Gasteiger charge is -2.20. The minimum atomic E-state index is -0.175. The van der Waals surface area contributed by atoms with E-state index in [0.29, 0.717) is 22.9 Å². The molecule has 0 saturated carbocycles. The summed E-state index contributed by atoms with van der Waals surface area (Å²) in [6.07, 6.45) is 0. The molecule has 6 heteroatoms. The zero-order valence-electron chi connectivity index (χ0n) is 13.1. The SMILES string of the molecule is COc1ccc(Br)cc1CN(C)C(=O)c1cc(Cl)ccc1OC. The fourth-order valence-electron chi connectivity index (χ4n) is 2.25. The van der Waals surface area contributed by atoms with Crippen LogP contribution < -0.4 is 9.47 Å². The van der Waals surface area contributed by atoms with Gasteiger partial charge in [0, 0.05) is 28.7 Å². The summed E-state index contributed by atoms with van der Waals surface area (Å²) < 4.78 is 11.5. The molecule has 4 nitrogen and oxygen atoms in total. The van der Waals surface area contributed by atoms with Crippen molar-refractivity contribution < 1.29 is 14.3 Å². The normalized spacial score (nSPS) is 10.3. The number of hydrogen-bond donors (Lipinski definition) is 0. The van der Waals surface area contributed by atoms with E-state index in [1.165, 1.54) is 7.11 Å². The monoisotopic (exact) mass is 397 g/mol. The Morgan fingerprint density at radius 3 is 2.43 bits per heavy atom. The van der Waals surface area contributed by atoms with Gasteiger partial charge in [-0.15, -0.1) is 0 Å². The first-order chi connectivity index (χ1) is 11.0. The number of methoxy groups -OCH3 is 2. The lowest BCUT2D eigenvalue weighted by molar-refractivity contribution is 0.0781. The molecule has 0 saturated heterocycles. The largest absolute Gasteiger partial charge is 0.496 e. The molecule has 0 aliphatic rings. The molecule has 0 heterocycles. The number of ether oxygens (including phenoxy) is 2. The molecule has 0 fully saturated rings. The van der Waals surface area contributed by atoms with E-state index in [1.54, 1.807) is 37.3 Å². The van der Waals surface area contributed by atoms with Gasteiger partial charge in [0.2, 0.25) is 0 Å². The summed E-state index contributed by atoms with van der Waals surface area (Å²) in [5.74, 6) is 1.05. The maximum atomic E-state index is 12.7. The van der Waals surface area contributed by atoms with Gasteiger partial charge in [0.25, 0.3) is 5.91 Å². The lowest BCUT2D eigenvalue weighted by Crippen LogP contribution is -2.26. The van der Waals surface area contributed by atoms with Gasteiger partial charge in [-0.05, 0) is 36.4 Å². The Kier molecular flexibility index (Phi) is 5.91. The molecule has 0 atom stereocenters. The molecule has 0 bridgehead atoms. The zero-order valence-corrected chi connectivity index (χ0v) is 15.4. The first-order valence-electron chi connectivity index (χ1n) is 6.87. The molecule has 0 aliphatic heterocycles. The Bertz CT molecular complexity index is 721. The lowest BCUT2D eigenvalue weighted by atomic mass is 10.1. The van der Waals surface area contributed by atoms with Crippen molar-refractivity contribution in [1.29, 1.82) is 0 Å². The topological polar surface area (TPSA) is 38.8 Å². The van der Waals surface area contributed by atoms with Crippen molar-refractivity contribution >= 4 is 33.4 Å². The smallest absolute Gasteiger partial charge is 0.257 e. The maximum absolute atomic E-state index is 12.7. The van der Waals surface area contributed by atoms with E-state index in [-0.39, 0.29) is 5.91 Å². The van der Waals surface area contributed by atoms with Crippen molar-refractivity contribution in [2.24, 2.45) is 0 Å². The predicted molar refractivity (Wildman–Crippen MR) is 94.5 cm³/mol. The van der Waals surface area contributed by atoms with Crippen LogP contribution in [0.15, 0.2) is 40.9 Å². The second-order valence-corrected chi connectivity index (χ2v) is 6.31. The number of nitrogens with zero attached hydrogens (tertiary/aromatic N) is 1. The fraction of sp³-hybridized carbons (Fsp3) is 0.235. The summed E-state index contributed by atoms with van der Waals surface area (Å²) in [5.41, 5.74) is 1.33. The highest BCUT2D eigenvalue weighted by Gasteiger charge is 2.18. The van der Waals surface area contributed by atoms with E-state index in [1.807, 2.05) is 18.2 Å². The van der Waals surface area contributed by atoms with Crippen LogP contribution in [0.3, 0.4) is 0 Å². The summed E-state index contributed by atoms with van der Waals surface area (Å²) in [6.45, 7) is 0.400. The van der Waals surface area contributed by atoms with Crippen LogP contribution in [0.25, 0.3) is 0 Å². The Labute approximate surface area is 149 Å². The van der Waals surface area contributed by atoms with Crippen molar-refractivity contribution in [1.82, 2.24) is 4.90 Å². The predicted octanol–water partition coefficient (Wildman–Crippen LogP) is 4.39. The summed E-state index contributed by atoms with van der Waals surface area (Å²) >= 11 is 9.43. The van der Waals surface area contributed by atoms with Gasteiger partial charge < -0.3 is 14.4 Å². The molecule has 2 aromatic rings. The quantitative estimate of drug-likeness (QED) is 0.750. The first kappa shape index (κ1) is 17.6. The van der Waals surface area contributed by atoms with Gasteiger partial charge in [0.15, 0.2) is 0 Å². The molecule has 1 amide bonds. The number of halogens is 2. The number of benzene rings is 2. The molecule has 0 aliphatic carbocycles. The van der Waals surface area contributed by atoms with Crippen LogP contribution in [-0.4, -0.2) is 32.1 Å². The van der Waals surface area contributed by atoms with Crippen LogP contribution in [0, 0.1) is 0 Å². The van der Waals surface area contributed by atoms with Crippen LogP contribution in [0.5, 0.6) is 11.5 Å². The second-order valence-electron chi connectivity index (χ2n) is 4.96. The van der Waals surface area contributed by atoms with E-state index < -0.39 is 0 Å². The molecular weight excluding hydrogens is 382 g/mol. The number of amides is 1. The van der Waals surface area contributed by atoms with Crippen molar-refractivity contribution in [2.75, 3.05) is 21.3 Å². The molecule has 23 heavy (non-hydrogen) atoms. The molecular formula is C17H17BrClNO3. The van der Waals surface area contributed by atoms with Gasteiger partial charge in [0.1, 0.15) is 11.5 Å². The Hall–Kier alpha value is -1.72. The highest BCUT2D eigenvalue weighted by Crippen LogP contribution is 2.27. The van der Waals surface area contributed by atoms with Crippen molar-refractivity contribution in [3.8, 4) is 11.5 Å². The van der Waals surface area contributed by atoms with Crippen molar-refractivity contribution in [3.63, 3.8) is 0 Å². The first-order valence-corrected chi connectivity index (χ1v) is 8.04. The summed E-state index contributed by atoms with van der Waals surface area (Å²) in [6, 6.07) is 10.7. The third-order valence-electron chi connectivity index (χ3n) is 3.39. The average molecular weight is 399 g/mol. The molecule has 2 aromatic carbocycles. The van der Waals surface area contributed by atoms with Gasteiger partial charge in [-0.25, -0.2) is 0 Å². The van der Waals surface area contributed by atoms with Crippen LogP contribution >= 0.6 is 27.5 Å². The average Bonchev–Trinajstić information content (AvgIpc) is 2.54. The van der Waals surface area contributed by atoms with Gasteiger partial charge in [0.05, 0.1) is 19.8 Å². The molecule has 2 rings (SSSR count). The zero-order chi connectivity index (χ0) is 17.0. The highest BCUT2D eigenvalue weighted by molar-refractivity contribution is 9.10. The molecule has 0 spiro atoms. The summed E-state index contributed by atoms with van der Waals surface area (Å²) in [4.78, 5) is 14.3. The maximum Gasteiger partial charge on any atom is 0.257 e. The number of carbonyl (C=O) groups is 1. The Balaban J connectivity index is 2.27. The van der Waals surface area contributed by atoms with E-state index in [0.717, 1.165) is 15.8 Å². The molecule has 0 N–H and O–H groups in total. The number of rotatable bonds is 5. The molecule has 0 radical (unpaired) electrons. The van der Waals surface area contributed by atoms with Crippen LogP contribution in [0.2, 0.25) is 5.02 Å². The van der Waals surface area contributed by atoms with Crippen molar-refractivity contribution in [3.05, 3.63) is 57.0 Å². The summed E-state index contributed by atoms with van der Waals surface area (Å²) in [7, 11) is 4.86. The van der Waals surface area contributed by atoms with Crippen LogP contribution in [-0.2, 0) is 6.54 Å². The third kappa shape index (κ3) is 4.18. The Morgan fingerprint density at radius 1 is 1.13 bits per heavy atom. The third-order valence-corrected chi connectivity index (χ3v) is 4.12.